The number of anilines is 2. The summed E-state index contributed by atoms with van der Waals surface area (Å²) in [6.07, 6.45) is -1.35. The molecule has 0 saturated carbocycles. The Morgan fingerprint density at radius 1 is 1.00 bits per heavy atom. The van der Waals surface area contributed by atoms with Crippen molar-refractivity contribution < 1.29 is 27.2 Å². The molecule has 4 aromatic rings. The molecule has 2 aromatic heterocycles. The molecule has 0 radical (unpaired) electrons. The van der Waals surface area contributed by atoms with E-state index in [9.17, 15) is 27.2 Å². The second kappa shape index (κ2) is 10.1. The van der Waals surface area contributed by atoms with Crippen molar-refractivity contribution in [2.45, 2.75) is 19.6 Å². The molecule has 0 aliphatic carbocycles. The molecule has 37 heavy (non-hydrogen) atoms. The summed E-state index contributed by atoms with van der Waals surface area (Å²) in [4.78, 5) is 27.9. The largest absolute Gasteiger partial charge is 0.416 e. The average Bonchev–Trinajstić information content (AvgIpc) is 3.30. The number of carbonyl (C=O) groups is 2. The maximum atomic E-state index is 14.6. The van der Waals surface area contributed by atoms with Crippen molar-refractivity contribution in [3.8, 4) is 22.4 Å². The molecule has 0 aliphatic rings. The lowest BCUT2D eigenvalue weighted by Crippen LogP contribution is -2.20. The van der Waals surface area contributed by atoms with Gasteiger partial charge in [0.05, 0.1) is 11.3 Å². The van der Waals surface area contributed by atoms with Crippen molar-refractivity contribution in [1.29, 1.82) is 0 Å². The lowest BCUT2D eigenvalue weighted by atomic mass is 10.0. The van der Waals surface area contributed by atoms with Gasteiger partial charge in [0.25, 0.3) is 5.91 Å². The van der Waals surface area contributed by atoms with Gasteiger partial charge in [-0.1, -0.05) is 6.07 Å². The van der Waals surface area contributed by atoms with Gasteiger partial charge in [-0.2, -0.15) is 18.3 Å². The molecule has 0 fully saturated rings. The number of hydrogen-bond acceptors (Lipinski definition) is 4. The number of rotatable bonds is 6. The number of nitrogens with two attached hydrogens (primary N) is 1. The number of primary amides is 1. The van der Waals surface area contributed by atoms with Crippen LogP contribution in [0.25, 0.3) is 22.4 Å². The van der Waals surface area contributed by atoms with Gasteiger partial charge in [-0.25, -0.2) is 9.18 Å². The summed E-state index contributed by atoms with van der Waals surface area (Å²) in [5, 5.41) is 9.28. The minimum Gasteiger partial charge on any atom is -0.364 e. The fourth-order valence-electron chi connectivity index (χ4n) is 3.54. The number of urea groups is 1. The van der Waals surface area contributed by atoms with Crippen LogP contribution in [0.15, 0.2) is 67.0 Å². The lowest BCUT2D eigenvalue weighted by molar-refractivity contribution is -0.137. The van der Waals surface area contributed by atoms with Crippen LogP contribution in [-0.4, -0.2) is 26.7 Å². The number of nitrogens with zero attached hydrogens (tertiary/aromatic N) is 3. The van der Waals surface area contributed by atoms with Gasteiger partial charge in [-0.3, -0.25) is 14.5 Å². The number of pyridine rings is 1. The number of nitrogens with one attached hydrogen (secondary N) is 2. The van der Waals surface area contributed by atoms with E-state index in [1.807, 2.05) is 6.92 Å². The van der Waals surface area contributed by atoms with E-state index < -0.39 is 29.5 Å². The Balaban J connectivity index is 1.61. The van der Waals surface area contributed by atoms with Gasteiger partial charge >= 0.3 is 12.2 Å². The molecule has 2 heterocycles. The molecule has 4 N–H and O–H groups in total. The first-order valence-electron chi connectivity index (χ1n) is 10.9. The number of benzene rings is 2. The zero-order valence-electron chi connectivity index (χ0n) is 19.3. The van der Waals surface area contributed by atoms with Crippen LogP contribution in [-0.2, 0) is 12.7 Å². The van der Waals surface area contributed by atoms with Crippen LogP contribution >= 0.6 is 0 Å². The van der Waals surface area contributed by atoms with Gasteiger partial charge < -0.3 is 16.4 Å². The standard InChI is InChI=1S/C25H20F4N6O2/c1-2-35-13-18(22(34-35)15-9-10-31-21(12-15)23(30)36)14-3-8-19(26)20(11-14)33-24(37)32-17-6-4-16(5-7-17)25(27,28)29/h3-13H,2H2,1H3,(H2,30,36)(H2,32,33,37). The molecule has 0 saturated heterocycles. The van der Waals surface area contributed by atoms with E-state index in [1.54, 1.807) is 16.9 Å². The van der Waals surface area contributed by atoms with Gasteiger partial charge in [0.1, 0.15) is 17.2 Å². The first-order valence-corrected chi connectivity index (χ1v) is 10.9. The summed E-state index contributed by atoms with van der Waals surface area (Å²) >= 11 is 0. The summed E-state index contributed by atoms with van der Waals surface area (Å²) < 4.78 is 54.4. The molecule has 12 heteroatoms. The molecule has 0 bridgehead atoms. The quantitative estimate of drug-likeness (QED) is 0.295. The molecule has 0 unspecified atom stereocenters. The van der Waals surface area contributed by atoms with E-state index >= 15 is 0 Å². The number of alkyl halides is 3. The Hall–Kier alpha value is -4.74. The second-order valence-electron chi connectivity index (χ2n) is 7.89. The van der Waals surface area contributed by atoms with Gasteiger partial charge in [-0.15, -0.1) is 0 Å². The molecule has 2 aromatic carbocycles. The summed E-state index contributed by atoms with van der Waals surface area (Å²) in [6.45, 7) is 2.41. The third kappa shape index (κ3) is 5.74. The smallest absolute Gasteiger partial charge is 0.364 e. The SMILES string of the molecule is CCn1cc(-c2ccc(F)c(NC(=O)Nc3ccc(C(F)(F)F)cc3)c2)c(-c2ccnc(C(N)=O)c2)n1. The minimum absolute atomic E-state index is 0.0518. The Labute approximate surface area is 208 Å². The highest BCUT2D eigenvalue weighted by molar-refractivity contribution is 6.00. The zero-order valence-corrected chi connectivity index (χ0v) is 19.3. The Morgan fingerprint density at radius 2 is 1.73 bits per heavy atom. The molecule has 190 valence electrons. The first-order chi connectivity index (χ1) is 17.5. The zero-order chi connectivity index (χ0) is 26.7. The molecule has 8 nitrogen and oxygen atoms in total. The summed E-state index contributed by atoms with van der Waals surface area (Å²) in [5.41, 5.74) is 6.61. The summed E-state index contributed by atoms with van der Waals surface area (Å²) in [7, 11) is 0. The number of aryl methyl sites for hydroxylation is 1. The van der Waals surface area contributed by atoms with E-state index in [-0.39, 0.29) is 17.1 Å². The molecule has 0 spiro atoms. The van der Waals surface area contributed by atoms with Crippen LogP contribution in [0.5, 0.6) is 0 Å². The van der Waals surface area contributed by atoms with Crippen LogP contribution < -0.4 is 16.4 Å². The van der Waals surface area contributed by atoms with Gasteiger partial charge in [-0.05, 0) is 61.0 Å². The number of halogens is 4. The molecule has 4 rings (SSSR count). The van der Waals surface area contributed by atoms with E-state index in [4.69, 9.17) is 5.73 Å². The molecule has 3 amide bonds. The van der Waals surface area contributed by atoms with Crippen molar-refractivity contribution >= 4 is 23.3 Å². The highest BCUT2D eigenvalue weighted by Crippen LogP contribution is 2.34. The molecular formula is C25H20F4N6O2. The monoisotopic (exact) mass is 512 g/mol. The fraction of sp³-hybridized carbons (Fsp3) is 0.120. The topological polar surface area (TPSA) is 115 Å². The number of carbonyl (C=O) groups excluding carboxylic acids is 2. The fourth-order valence-corrected chi connectivity index (χ4v) is 3.54. The maximum Gasteiger partial charge on any atom is 0.416 e. The Morgan fingerprint density at radius 3 is 2.38 bits per heavy atom. The van der Waals surface area contributed by atoms with E-state index in [1.165, 1.54) is 24.4 Å². The van der Waals surface area contributed by atoms with Crippen molar-refractivity contribution in [2.24, 2.45) is 5.73 Å². The average molecular weight is 512 g/mol. The van der Waals surface area contributed by atoms with Crippen LogP contribution in [0.4, 0.5) is 33.7 Å². The summed E-state index contributed by atoms with van der Waals surface area (Å²) in [6, 6.07) is 10.2. The number of aromatic nitrogens is 3. The van der Waals surface area contributed by atoms with E-state index in [0.717, 1.165) is 30.3 Å². The Bertz CT molecular complexity index is 1470. The predicted octanol–water partition coefficient (Wildman–Crippen LogP) is 5.53. The van der Waals surface area contributed by atoms with Crippen molar-refractivity contribution in [3.63, 3.8) is 0 Å². The first kappa shape index (κ1) is 25.4. The number of amides is 3. The minimum atomic E-state index is -4.51. The molecular weight excluding hydrogens is 492 g/mol. The van der Waals surface area contributed by atoms with Gasteiger partial charge in [0.2, 0.25) is 0 Å². The van der Waals surface area contributed by atoms with Crippen molar-refractivity contribution in [3.05, 3.63) is 84.1 Å². The van der Waals surface area contributed by atoms with Crippen LogP contribution in [0.1, 0.15) is 23.0 Å². The van der Waals surface area contributed by atoms with Gasteiger partial charge in [0.15, 0.2) is 0 Å². The normalized spacial score (nSPS) is 11.3. The Kier molecular flexibility index (Phi) is 6.92. The van der Waals surface area contributed by atoms with E-state index in [2.05, 4.69) is 20.7 Å². The number of hydrogen-bond donors (Lipinski definition) is 3. The van der Waals surface area contributed by atoms with Crippen LogP contribution in [0, 0.1) is 5.82 Å². The van der Waals surface area contributed by atoms with Crippen LogP contribution in [0.2, 0.25) is 0 Å². The summed E-state index contributed by atoms with van der Waals surface area (Å²) in [5.74, 6) is -1.43. The van der Waals surface area contributed by atoms with Crippen molar-refractivity contribution in [1.82, 2.24) is 14.8 Å². The van der Waals surface area contributed by atoms with Crippen LogP contribution in [0.3, 0.4) is 0 Å². The maximum absolute atomic E-state index is 14.6. The van der Waals surface area contributed by atoms with Crippen molar-refractivity contribution in [2.75, 3.05) is 10.6 Å². The molecule has 0 atom stereocenters. The third-order valence-corrected chi connectivity index (χ3v) is 5.37. The van der Waals surface area contributed by atoms with E-state index in [0.29, 0.717) is 28.9 Å². The van der Waals surface area contributed by atoms with Gasteiger partial charge in [0, 0.05) is 35.8 Å². The highest BCUT2D eigenvalue weighted by atomic mass is 19.4. The third-order valence-electron chi connectivity index (χ3n) is 5.37. The molecule has 0 aliphatic heterocycles. The highest BCUT2D eigenvalue weighted by Gasteiger charge is 2.30. The second-order valence-corrected chi connectivity index (χ2v) is 7.89. The predicted molar refractivity (Wildman–Crippen MR) is 129 cm³/mol. The lowest BCUT2D eigenvalue weighted by Gasteiger charge is -2.11.